The molecule has 0 saturated heterocycles. The van der Waals surface area contributed by atoms with Crippen molar-refractivity contribution < 1.29 is 9.53 Å². The first-order valence-corrected chi connectivity index (χ1v) is 4.88. The van der Waals surface area contributed by atoms with Crippen LogP contribution in [0.4, 0.5) is 0 Å². The van der Waals surface area contributed by atoms with Crippen molar-refractivity contribution in [2.24, 2.45) is 5.73 Å². The van der Waals surface area contributed by atoms with Crippen molar-refractivity contribution in [3.05, 3.63) is 30.3 Å². The maximum Gasteiger partial charge on any atom is 0.257 e. The summed E-state index contributed by atoms with van der Waals surface area (Å²) in [5.74, 6) is 0.532. The molecule has 0 fully saturated rings. The Bertz CT molecular complexity index is 299. The first-order chi connectivity index (χ1) is 7.18. The van der Waals surface area contributed by atoms with Gasteiger partial charge >= 0.3 is 0 Å². The van der Waals surface area contributed by atoms with Gasteiger partial charge in [-0.05, 0) is 19.1 Å². The Morgan fingerprint density at radius 2 is 2.13 bits per heavy atom. The number of para-hydroxylation sites is 1. The Kier molecular flexibility index (Phi) is 4.63. The minimum absolute atomic E-state index is 0.0245. The van der Waals surface area contributed by atoms with Crippen LogP contribution in [0.5, 0.6) is 5.75 Å². The van der Waals surface area contributed by atoms with Gasteiger partial charge < -0.3 is 15.8 Å². The molecule has 1 rings (SSSR count). The summed E-state index contributed by atoms with van der Waals surface area (Å²) in [4.78, 5) is 11.2. The average Bonchev–Trinajstić information content (AvgIpc) is 2.25. The molecule has 4 heteroatoms. The van der Waals surface area contributed by atoms with Gasteiger partial charge in [0.1, 0.15) is 5.75 Å². The fourth-order valence-corrected chi connectivity index (χ4v) is 0.991. The van der Waals surface area contributed by atoms with Gasteiger partial charge in [0.05, 0.1) is 0 Å². The summed E-state index contributed by atoms with van der Waals surface area (Å²) < 4.78 is 5.25. The number of carbonyl (C=O) groups is 1. The van der Waals surface area contributed by atoms with E-state index in [0.29, 0.717) is 12.3 Å². The third-order valence-corrected chi connectivity index (χ3v) is 1.73. The third kappa shape index (κ3) is 5.02. The Balaban J connectivity index is 2.23. The minimum atomic E-state index is -0.156. The molecule has 1 amide bonds. The van der Waals surface area contributed by atoms with Crippen LogP contribution in [0.25, 0.3) is 0 Å². The van der Waals surface area contributed by atoms with E-state index in [-0.39, 0.29) is 18.6 Å². The summed E-state index contributed by atoms with van der Waals surface area (Å²) in [5, 5.41) is 2.66. The highest BCUT2D eigenvalue weighted by atomic mass is 16.5. The molecule has 15 heavy (non-hydrogen) atoms. The molecule has 0 spiro atoms. The lowest BCUT2D eigenvalue weighted by Gasteiger charge is -2.08. The molecule has 1 aromatic carbocycles. The van der Waals surface area contributed by atoms with Crippen molar-refractivity contribution in [2.45, 2.75) is 13.0 Å². The van der Waals surface area contributed by atoms with E-state index in [0.717, 1.165) is 0 Å². The molecule has 4 nitrogen and oxygen atoms in total. The number of nitrogens with one attached hydrogen (secondary N) is 1. The summed E-state index contributed by atoms with van der Waals surface area (Å²) in [5.41, 5.74) is 5.49. The molecule has 0 bridgehead atoms. The predicted octanol–water partition coefficient (Wildman–Crippen LogP) is 0.529. The Hall–Kier alpha value is -1.55. The second-order valence-corrected chi connectivity index (χ2v) is 3.38. The van der Waals surface area contributed by atoms with E-state index in [2.05, 4.69) is 5.32 Å². The molecule has 0 aliphatic heterocycles. The zero-order valence-electron chi connectivity index (χ0n) is 8.77. The number of ether oxygens (including phenoxy) is 1. The van der Waals surface area contributed by atoms with Crippen molar-refractivity contribution in [3.63, 3.8) is 0 Å². The van der Waals surface area contributed by atoms with Crippen molar-refractivity contribution in [1.29, 1.82) is 0 Å². The molecule has 82 valence electrons. The lowest BCUT2D eigenvalue weighted by atomic mass is 10.3. The van der Waals surface area contributed by atoms with E-state index in [4.69, 9.17) is 10.5 Å². The highest BCUT2D eigenvalue weighted by molar-refractivity contribution is 5.77. The van der Waals surface area contributed by atoms with Gasteiger partial charge in [-0.2, -0.15) is 0 Å². The number of hydrogen-bond acceptors (Lipinski definition) is 3. The molecule has 1 unspecified atom stereocenters. The van der Waals surface area contributed by atoms with Crippen LogP contribution in [0.1, 0.15) is 6.92 Å². The van der Waals surface area contributed by atoms with Crippen LogP contribution in [-0.2, 0) is 4.79 Å². The summed E-state index contributed by atoms with van der Waals surface area (Å²) in [6.45, 7) is 2.33. The number of rotatable bonds is 5. The van der Waals surface area contributed by atoms with Gasteiger partial charge in [-0.3, -0.25) is 4.79 Å². The van der Waals surface area contributed by atoms with Crippen LogP contribution in [0.2, 0.25) is 0 Å². The number of nitrogens with two attached hydrogens (primary N) is 1. The summed E-state index contributed by atoms with van der Waals surface area (Å²) >= 11 is 0. The maximum absolute atomic E-state index is 11.2. The van der Waals surface area contributed by atoms with Crippen LogP contribution >= 0.6 is 0 Å². The SMILES string of the molecule is CC(N)CNC(=O)COc1ccccc1. The van der Waals surface area contributed by atoms with E-state index < -0.39 is 0 Å². The Morgan fingerprint density at radius 1 is 1.47 bits per heavy atom. The molecule has 0 saturated carbocycles. The second kappa shape index (κ2) is 6.03. The molecule has 0 radical (unpaired) electrons. The lowest BCUT2D eigenvalue weighted by Crippen LogP contribution is -2.37. The minimum Gasteiger partial charge on any atom is -0.484 e. The molecular weight excluding hydrogens is 192 g/mol. The second-order valence-electron chi connectivity index (χ2n) is 3.38. The smallest absolute Gasteiger partial charge is 0.257 e. The van der Waals surface area contributed by atoms with E-state index in [1.807, 2.05) is 25.1 Å². The molecule has 0 aromatic heterocycles. The average molecular weight is 208 g/mol. The quantitative estimate of drug-likeness (QED) is 0.741. The monoisotopic (exact) mass is 208 g/mol. The van der Waals surface area contributed by atoms with Gasteiger partial charge in [0.15, 0.2) is 6.61 Å². The largest absolute Gasteiger partial charge is 0.484 e. The summed E-state index contributed by atoms with van der Waals surface area (Å²) in [7, 11) is 0. The van der Waals surface area contributed by atoms with Crippen molar-refractivity contribution in [1.82, 2.24) is 5.32 Å². The topological polar surface area (TPSA) is 64.3 Å². The summed E-state index contributed by atoms with van der Waals surface area (Å²) in [6, 6.07) is 9.18. The maximum atomic E-state index is 11.2. The lowest BCUT2D eigenvalue weighted by molar-refractivity contribution is -0.123. The highest BCUT2D eigenvalue weighted by Gasteiger charge is 2.02. The van der Waals surface area contributed by atoms with Crippen molar-refractivity contribution in [3.8, 4) is 5.75 Å². The van der Waals surface area contributed by atoms with Crippen molar-refractivity contribution in [2.75, 3.05) is 13.2 Å². The number of amides is 1. The molecule has 3 N–H and O–H groups in total. The number of carbonyl (C=O) groups excluding carboxylic acids is 1. The zero-order chi connectivity index (χ0) is 11.1. The van der Waals surface area contributed by atoms with E-state index in [1.54, 1.807) is 12.1 Å². The van der Waals surface area contributed by atoms with Crippen LogP contribution < -0.4 is 15.8 Å². The van der Waals surface area contributed by atoms with Gasteiger partial charge in [0.25, 0.3) is 5.91 Å². The summed E-state index contributed by atoms with van der Waals surface area (Å²) in [6.07, 6.45) is 0. The molecular formula is C11H16N2O2. The van der Waals surface area contributed by atoms with Gasteiger partial charge in [-0.25, -0.2) is 0 Å². The normalized spacial score (nSPS) is 11.9. The van der Waals surface area contributed by atoms with Crippen molar-refractivity contribution >= 4 is 5.91 Å². The number of hydrogen-bond donors (Lipinski definition) is 2. The first-order valence-electron chi connectivity index (χ1n) is 4.88. The third-order valence-electron chi connectivity index (χ3n) is 1.73. The van der Waals surface area contributed by atoms with E-state index in [9.17, 15) is 4.79 Å². The highest BCUT2D eigenvalue weighted by Crippen LogP contribution is 2.07. The molecule has 1 aromatic rings. The fourth-order valence-electron chi connectivity index (χ4n) is 0.991. The van der Waals surface area contributed by atoms with Gasteiger partial charge in [0.2, 0.25) is 0 Å². The van der Waals surface area contributed by atoms with Gasteiger partial charge in [-0.1, -0.05) is 18.2 Å². The van der Waals surface area contributed by atoms with Crippen LogP contribution in [-0.4, -0.2) is 25.1 Å². The molecule has 0 heterocycles. The Morgan fingerprint density at radius 3 is 2.73 bits per heavy atom. The first kappa shape index (κ1) is 11.5. The fraction of sp³-hybridized carbons (Fsp3) is 0.364. The molecule has 0 aliphatic rings. The van der Waals surface area contributed by atoms with E-state index in [1.165, 1.54) is 0 Å². The zero-order valence-corrected chi connectivity index (χ0v) is 8.77. The predicted molar refractivity (Wildman–Crippen MR) is 58.6 cm³/mol. The van der Waals surface area contributed by atoms with Crippen LogP contribution in [0, 0.1) is 0 Å². The van der Waals surface area contributed by atoms with Gasteiger partial charge in [0, 0.05) is 12.6 Å². The van der Waals surface area contributed by atoms with Crippen LogP contribution in [0.15, 0.2) is 30.3 Å². The van der Waals surface area contributed by atoms with Gasteiger partial charge in [-0.15, -0.1) is 0 Å². The van der Waals surface area contributed by atoms with Crippen LogP contribution in [0.3, 0.4) is 0 Å². The molecule has 1 atom stereocenters. The standard InChI is InChI=1S/C11H16N2O2/c1-9(12)7-13-11(14)8-15-10-5-3-2-4-6-10/h2-6,9H,7-8,12H2,1H3,(H,13,14). The molecule has 0 aliphatic carbocycles. The Labute approximate surface area is 89.4 Å². The number of benzene rings is 1. The van der Waals surface area contributed by atoms with E-state index >= 15 is 0 Å².